The van der Waals surface area contributed by atoms with Crippen LogP contribution in [0.15, 0.2) is 18.3 Å². The van der Waals surface area contributed by atoms with Crippen molar-refractivity contribution in [2.45, 2.75) is 45.6 Å². The Morgan fingerprint density at radius 2 is 1.88 bits per heavy atom. The molecule has 1 aromatic rings. The van der Waals surface area contributed by atoms with E-state index in [-0.39, 0.29) is 5.54 Å². The Morgan fingerprint density at radius 3 is 2.38 bits per heavy atom. The van der Waals surface area contributed by atoms with E-state index in [0.717, 1.165) is 0 Å². The molecule has 5 heteroatoms. The smallest absolute Gasteiger partial charge is 0.341 e. The van der Waals surface area contributed by atoms with Crippen LogP contribution in [0, 0.1) is 0 Å². The maximum absolute atomic E-state index is 12.2. The van der Waals surface area contributed by atoms with E-state index in [9.17, 15) is 13.2 Å². The lowest BCUT2D eigenvalue weighted by Crippen LogP contribution is -2.36. The van der Waals surface area contributed by atoms with Crippen LogP contribution in [0.3, 0.4) is 0 Å². The first-order chi connectivity index (χ1) is 7.17. The van der Waals surface area contributed by atoms with E-state index in [1.165, 1.54) is 10.8 Å². The number of hydrogen-bond donors (Lipinski definition) is 1. The zero-order valence-electron chi connectivity index (χ0n) is 9.73. The van der Waals surface area contributed by atoms with Gasteiger partial charge in [0.25, 0.3) is 0 Å². The Morgan fingerprint density at radius 1 is 1.25 bits per heavy atom. The van der Waals surface area contributed by atoms with E-state index in [1.807, 2.05) is 20.8 Å². The van der Waals surface area contributed by atoms with Crippen LogP contribution in [-0.4, -0.2) is 16.3 Å². The molecule has 0 saturated heterocycles. The molecule has 0 fully saturated rings. The van der Waals surface area contributed by atoms with Crippen molar-refractivity contribution in [2.75, 3.05) is 0 Å². The number of aromatic nitrogens is 1. The Balaban J connectivity index is 2.64. The molecule has 16 heavy (non-hydrogen) atoms. The van der Waals surface area contributed by atoms with Gasteiger partial charge in [0.2, 0.25) is 0 Å². The predicted molar refractivity (Wildman–Crippen MR) is 57.1 cm³/mol. The topological polar surface area (TPSA) is 17.0 Å². The summed E-state index contributed by atoms with van der Waals surface area (Å²) < 4.78 is 37.9. The highest BCUT2D eigenvalue weighted by Gasteiger charge is 2.28. The zero-order chi connectivity index (χ0) is 12.4. The first kappa shape index (κ1) is 13.1. The average Bonchev–Trinajstić information content (AvgIpc) is 2.44. The molecule has 1 N–H and O–H groups in total. The molecular formula is C11H17F3N2. The normalized spacial score (nSPS) is 13.1. The lowest BCUT2D eigenvalue weighted by Gasteiger charge is -2.21. The van der Waals surface area contributed by atoms with Crippen molar-refractivity contribution < 1.29 is 13.2 Å². The molecule has 0 spiro atoms. The average molecular weight is 234 g/mol. The van der Waals surface area contributed by atoms with E-state index in [4.69, 9.17) is 0 Å². The van der Waals surface area contributed by atoms with E-state index >= 15 is 0 Å². The van der Waals surface area contributed by atoms with Gasteiger partial charge in [0.05, 0.1) is 0 Å². The second-order valence-corrected chi connectivity index (χ2v) is 4.85. The van der Waals surface area contributed by atoms with Crippen LogP contribution in [-0.2, 0) is 13.1 Å². The van der Waals surface area contributed by atoms with Gasteiger partial charge in [0.15, 0.2) is 0 Å². The van der Waals surface area contributed by atoms with Crippen molar-refractivity contribution in [3.63, 3.8) is 0 Å². The van der Waals surface area contributed by atoms with Gasteiger partial charge in [-0.1, -0.05) is 0 Å². The summed E-state index contributed by atoms with van der Waals surface area (Å²) in [4.78, 5) is 0. The fourth-order valence-electron chi connectivity index (χ4n) is 1.31. The molecule has 0 radical (unpaired) electrons. The van der Waals surface area contributed by atoms with Crippen molar-refractivity contribution >= 4 is 0 Å². The Hall–Kier alpha value is -0.970. The van der Waals surface area contributed by atoms with Crippen LogP contribution in [0.2, 0.25) is 0 Å². The molecule has 92 valence electrons. The number of nitrogens with zero attached hydrogens (tertiary/aromatic N) is 1. The van der Waals surface area contributed by atoms with E-state index in [2.05, 4.69) is 5.32 Å². The molecular weight excluding hydrogens is 217 g/mol. The van der Waals surface area contributed by atoms with Crippen molar-refractivity contribution in [3.8, 4) is 0 Å². The first-order valence-corrected chi connectivity index (χ1v) is 5.13. The summed E-state index contributed by atoms with van der Waals surface area (Å²) in [5.74, 6) is 0. The van der Waals surface area contributed by atoms with Gasteiger partial charge in [-0.15, -0.1) is 0 Å². The van der Waals surface area contributed by atoms with Crippen LogP contribution in [0.4, 0.5) is 13.2 Å². The monoisotopic (exact) mass is 234 g/mol. The second-order valence-electron chi connectivity index (χ2n) is 4.85. The number of halogens is 3. The maximum atomic E-state index is 12.2. The summed E-state index contributed by atoms with van der Waals surface area (Å²) in [6.45, 7) is 5.44. The summed E-state index contributed by atoms with van der Waals surface area (Å²) in [5, 5.41) is 3.16. The van der Waals surface area contributed by atoms with E-state index in [0.29, 0.717) is 12.2 Å². The van der Waals surface area contributed by atoms with E-state index in [1.54, 1.807) is 12.1 Å². The summed E-state index contributed by atoms with van der Waals surface area (Å²) in [5.41, 5.74) is 0.542. The molecule has 0 saturated carbocycles. The minimum Gasteiger partial charge on any atom is -0.341 e. The zero-order valence-corrected chi connectivity index (χ0v) is 9.73. The Labute approximate surface area is 93.5 Å². The molecule has 1 rings (SSSR count). The van der Waals surface area contributed by atoms with E-state index < -0.39 is 12.7 Å². The van der Waals surface area contributed by atoms with Crippen molar-refractivity contribution in [1.82, 2.24) is 9.88 Å². The van der Waals surface area contributed by atoms with Crippen LogP contribution < -0.4 is 5.32 Å². The molecule has 2 nitrogen and oxygen atoms in total. The van der Waals surface area contributed by atoms with Gasteiger partial charge in [-0.05, 0) is 32.9 Å². The van der Waals surface area contributed by atoms with Gasteiger partial charge >= 0.3 is 6.18 Å². The molecule has 0 bridgehead atoms. The van der Waals surface area contributed by atoms with Crippen LogP contribution in [0.5, 0.6) is 0 Å². The molecule has 0 aliphatic carbocycles. The lowest BCUT2D eigenvalue weighted by atomic mass is 10.1. The van der Waals surface area contributed by atoms with Crippen LogP contribution in [0.1, 0.15) is 26.5 Å². The maximum Gasteiger partial charge on any atom is 0.406 e. The predicted octanol–water partition coefficient (Wildman–Crippen LogP) is 2.94. The number of hydrogen-bond acceptors (Lipinski definition) is 1. The summed E-state index contributed by atoms with van der Waals surface area (Å²) in [6, 6.07) is 3.33. The molecule has 0 atom stereocenters. The van der Waals surface area contributed by atoms with Gasteiger partial charge in [-0.2, -0.15) is 13.2 Å². The first-order valence-electron chi connectivity index (χ1n) is 5.13. The molecule has 1 aromatic heterocycles. The van der Waals surface area contributed by atoms with Gasteiger partial charge in [0, 0.05) is 24.0 Å². The highest BCUT2D eigenvalue weighted by atomic mass is 19.4. The quantitative estimate of drug-likeness (QED) is 0.850. The van der Waals surface area contributed by atoms with Crippen molar-refractivity contribution in [3.05, 3.63) is 24.0 Å². The summed E-state index contributed by atoms with van der Waals surface area (Å²) in [6.07, 6.45) is -2.72. The SMILES string of the molecule is CC(C)(C)NCc1cccn1CC(F)(F)F. The lowest BCUT2D eigenvalue weighted by molar-refractivity contribution is -0.141. The third-order valence-corrected chi connectivity index (χ3v) is 2.07. The standard InChI is InChI=1S/C11H17F3N2/c1-10(2,3)15-7-9-5-4-6-16(9)8-11(12,13)14/h4-6,15H,7-8H2,1-3H3. The summed E-state index contributed by atoms with van der Waals surface area (Å²) >= 11 is 0. The fraction of sp³-hybridized carbons (Fsp3) is 0.636. The fourth-order valence-corrected chi connectivity index (χ4v) is 1.31. The summed E-state index contributed by atoms with van der Waals surface area (Å²) in [7, 11) is 0. The minimum atomic E-state index is -4.17. The molecule has 0 amide bonds. The van der Waals surface area contributed by atoms with Gasteiger partial charge in [-0.3, -0.25) is 0 Å². The molecule has 0 unspecified atom stereocenters. The molecule has 0 aliphatic rings. The highest BCUT2D eigenvalue weighted by molar-refractivity contribution is 5.07. The van der Waals surface area contributed by atoms with Gasteiger partial charge < -0.3 is 9.88 Å². The number of alkyl halides is 3. The van der Waals surface area contributed by atoms with Crippen molar-refractivity contribution in [2.24, 2.45) is 0 Å². The third-order valence-electron chi connectivity index (χ3n) is 2.07. The second kappa shape index (κ2) is 4.49. The number of rotatable bonds is 3. The highest BCUT2D eigenvalue weighted by Crippen LogP contribution is 2.19. The molecule has 0 aromatic carbocycles. The molecule has 1 heterocycles. The minimum absolute atomic E-state index is 0.104. The Bertz CT molecular complexity index is 334. The van der Waals surface area contributed by atoms with Crippen LogP contribution >= 0.6 is 0 Å². The largest absolute Gasteiger partial charge is 0.406 e. The third kappa shape index (κ3) is 4.70. The van der Waals surface area contributed by atoms with Gasteiger partial charge in [0.1, 0.15) is 6.54 Å². The number of nitrogens with one attached hydrogen (secondary N) is 1. The molecule has 0 aliphatic heterocycles. The van der Waals surface area contributed by atoms with Crippen LogP contribution in [0.25, 0.3) is 0 Å². The Kier molecular flexibility index (Phi) is 3.68. The van der Waals surface area contributed by atoms with Crippen molar-refractivity contribution in [1.29, 1.82) is 0 Å². The van der Waals surface area contributed by atoms with Gasteiger partial charge in [-0.25, -0.2) is 0 Å².